The Labute approximate surface area is 393 Å². The van der Waals surface area contributed by atoms with E-state index in [1.807, 2.05) is 19.0 Å². The van der Waals surface area contributed by atoms with E-state index >= 15 is 0 Å². The minimum atomic E-state index is -4.55. The standard InChI is InChI=1S/C42H66N6O18S2/c1-46(2)14-7-17-66-31-18-27(45-40(57)39(56)38(55)30(50)22-49)23-8-10-25-32(67(62,63)47(3)15-5-12-43-28(41(58)59)19-34(51)52)21-33(26-11-9-24(31)36(23)37(25)26)68(64,65)48(4)16-6-13-44-29(42(60)61)20-35(53)54/h8-11,18,28-30,33-34,38-40,42-45,49-52,55-57,60-61H,5-7,12-17,19-22H2,1-4H3,(H,53,54)(H,58,59). The molecule has 0 heterocycles. The monoisotopic (exact) mass is 1010 g/mol. The normalized spacial score (nSPS) is 17.4. The summed E-state index contributed by atoms with van der Waals surface area (Å²) in [5.41, 5.74) is 0.287. The van der Waals surface area contributed by atoms with Crippen LogP contribution in [0.25, 0.3) is 26.5 Å². The van der Waals surface area contributed by atoms with Crippen molar-refractivity contribution >= 4 is 64.1 Å². The van der Waals surface area contributed by atoms with Gasteiger partial charge >= 0.3 is 11.9 Å². The summed E-state index contributed by atoms with van der Waals surface area (Å²) in [6.45, 7) is -0.579. The first-order valence-corrected chi connectivity index (χ1v) is 24.8. The molecule has 0 saturated heterocycles. The van der Waals surface area contributed by atoms with Crippen molar-refractivity contribution in [1.82, 2.24) is 24.1 Å². The molecule has 7 unspecified atom stereocenters. The Kier molecular flexibility index (Phi) is 20.6. The van der Waals surface area contributed by atoms with Crippen LogP contribution in [0.5, 0.6) is 5.75 Å². The van der Waals surface area contributed by atoms with E-state index in [0.29, 0.717) is 29.1 Å². The predicted octanol–water partition coefficient (Wildman–Crippen LogP) is -3.81. The molecular formula is C42H66N6O18S2. The molecule has 24 nitrogen and oxygen atoms in total. The summed E-state index contributed by atoms with van der Waals surface area (Å²) >= 11 is 0. The maximum absolute atomic E-state index is 14.8. The number of ether oxygens (including phenoxy) is 1. The lowest BCUT2D eigenvalue weighted by Gasteiger charge is -2.32. The van der Waals surface area contributed by atoms with Gasteiger partial charge in [-0.3, -0.25) is 9.59 Å². The van der Waals surface area contributed by atoms with Crippen LogP contribution in [0.1, 0.15) is 49.3 Å². The topological polar surface area (TPSA) is 380 Å². The summed E-state index contributed by atoms with van der Waals surface area (Å²) in [6, 6.07) is 5.09. The molecule has 68 heavy (non-hydrogen) atoms. The zero-order chi connectivity index (χ0) is 50.8. The van der Waals surface area contributed by atoms with Gasteiger partial charge in [-0.2, -0.15) is 0 Å². The summed E-state index contributed by atoms with van der Waals surface area (Å²) in [4.78, 5) is 24.5. The van der Waals surface area contributed by atoms with Crippen LogP contribution in [0, 0.1) is 0 Å². The highest BCUT2D eigenvalue weighted by molar-refractivity contribution is 7.98. The molecule has 0 fully saturated rings. The number of anilines is 1. The first kappa shape index (κ1) is 56.6. The molecule has 7 atom stereocenters. The van der Waals surface area contributed by atoms with Crippen LogP contribution >= 0.6 is 0 Å². The Morgan fingerprint density at radius 3 is 2.01 bits per heavy atom. The number of carbonyl (C=O) groups is 2. The van der Waals surface area contributed by atoms with E-state index in [0.717, 1.165) is 8.61 Å². The molecular weight excluding hydrogens is 941 g/mol. The van der Waals surface area contributed by atoms with Gasteiger partial charge in [-0.05, 0) is 62.6 Å². The van der Waals surface area contributed by atoms with Crippen LogP contribution in [-0.4, -0.2) is 222 Å². The SMILES string of the molecule is CN(C)CCCOc1cc(NC(O)C(O)C(O)C(O)CO)c2ccc3c4c(ccc1c24)C(S(=O)(=O)N(C)CCCNC(CC(=O)O)C(O)O)CC=3S(=O)(=O)N(C)CCCNC(CC(O)O)C(=O)O. The van der Waals surface area contributed by atoms with Crippen LogP contribution in [-0.2, 0) is 29.6 Å². The number of rotatable bonds is 31. The van der Waals surface area contributed by atoms with Gasteiger partial charge in [0.15, 0.2) is 18.8 Å². The number of aliphatic hydroxyl groups excluding tert-OH is 7. The zero-order valence-electron chi connectivity index (χ0n) is 38.2. The molecule has 0 aliphatic heterocycles. The van der Waals surface area contributed by atoms with Gasteiger partial charge in [-0.25, -0.2) is 25.4 Å². The van der Waals surface area contributed by atoms with E-state index < -0.39 is 112 Å². The van der Waals surface area contributed by atoms with Crippen molar-refractivity contribution < 1.29 is 87.3 Å². The molecule has 384 valence electrons. The molecule has 0 bridgehead atoms. The summed E-state index contributed by atoms with van der Waals surface area (Å²) in [5, 5.41) is 116. The van der Waals surface area contributed by atoms with Crippen LogP contribution < -0.4 is 25.9 Å². The quantitative estimate of drug-likeness (QED) is 0.0217. The van der Waals surface area contributed by atoms with Crippen LogP contribution in [0.3, 0.4) is 0 Å². The van der Waals surface area contributed by atoms with Crippen molar-refractivity contribution in [3.63, 3.8) is 0 Å². The van der Waals surface area contributed by atoms with Crippen molar-refractivity contribution in [3.8, 4) is 5.75 Å². The number of carboxylic acids is 2. The number of nitrogens with zero attached hydrogens (tertiary/aromatic N) is 3. The van der Waals surface area contributed by atoms with E-state index in [1.54, 1.807) is 12.1 Å². The van der Waals surface area contributed by atoms with Gasteiger partial charge in [-0.1, -0.05) is 24.3 Å². The lowest BCUT2D eigenvalue weighted by molar-refractivity contribution is -0.143. The van der Waals surface area contributed by atoms with Crippen LogP contribution in [0.15, 0.2) is 30.3 Å². The Morgan fingerprint density at radius 2 is 1.43 bits per heavy atom. The van der Waals surface area contributed by atoms with Gasteiger partial charge in [0.2, 0.25) is 20.0 Å². The number of benzene rings is 3. The fraction of sp³-hybridized carbons (Fsp3) is 0.619. The number of carboxylic acid groups (broad SMARTS) is 2. The smallest absolute Gasteiger partial charge is 0.320 e. The van der Waals surface area contributed by atoms with Gasteiger partial charge < -0.3 is 81.8 Å². The van der Waals surface area contributed by atoms with Crippen molar-refractivity contribution in [1.29, 1.82) is 0 Å². The van der Waals surface area contributed by atoms with Crippen molar-refractivity contribution in [2.75, 3.05) is 79.4 Å². The molecule has 0 spiro atoms. The number of sulfonamides is 2. The summed E-state index contributed by atoms with van der Waals surface area (Å²) in [5.74, 6) is -2.44. The molecule has 3 aromatic carbocycles. The minimum Gasteiger partial charge on any atom is -0.493 e. The first-order valence-electron chi connectivity index (χ1n) is 21.8. The highest BCUT2D eigenvalue weighted by Gasteiger charge is 2.41. The molecule has 14 N–H and O–H groups in total. The van der Waals surface area contributed by atoms with Gasteiger partial charge in [0.1, 0.15) is 35.4 Å². The van der Waals surface area contributed by atoms with Gasteiger partial charge in [-0.15, -0.1) is 0 Å². The average molecular weight is 1010 g/mol. The van der Waals surface area contributed by atoms with Crippen LogP contribution in [0.4, 0.5) is 5.69 Å². The minimum absolute atomic E-state index is 0.0315. The van der Waals surface area contributed by atoms with Crippen molar-refractivity contribution in [3.05, 3.63) is 41.1 Å². The lowest BCUT2D eigenvalue weighted by atomic mass is 9.88. The summed E-state index contributed by atoms with van der Waals surface area (Å²) in [6.07, 6.45) is -12.8. The van der Waals surface area contributed by atoms with Gasteiger partial charge in [0, 0.05) is 74.5 Å². The molecule has 3 aromatic rings. The molecule has 1 aliphatic carbocycles. The molecule has 4 rings (SSSR count). The average Bonchev–Trinajstić information content (AvgIpc) is 3.27. The van der Waals surface area contributed by atoms with Gasteiger partial charge in [0.25, 0.3) is 0 Å². The number of hydrogen-bond donors (Lipinski definition) is 14. The molecule has 0 radical (unpaired) electrons. The number of aliphatic carboxylic acids is 2. The maximum atomic E-state index is 14.8. The van der Waals surface area contributed by atoms with E-state index in [2.05, 4.69) is 16.0 Å². The number of aliphatic hydroxyl groups is 9. The number of hydrogen-bond acceptors (Lipinski definition) is 20. The van der Waals surface area contributed by atoms with Crippen molar-refractivity contribution in [2.45, 2.75) is 93.0 Å². The second-order valence-electron chi connectivity index (χ2n) is 17.0. The second-order valence-corrected chi connectivity index (χ2v) is 21.3. The third kappa shape index (κ3) is 13.9. The molecule has 0 saturated carbocycles. The molecule has 0 amide bonds. The maximum Gasteiger partial charge on any atom is 0.320 e. The molecule has 26 heteroatoms. The third-order valence-electron chi connectivity index (χ3n) is 11.7. The van der Waals surface area contributed by atoms with Crippen LogP contribution in [0.2, 0.25) is 0 Å². The van der Waals surface area contributed by atoms with E-state index in [9.17, 15) is 77.5 Å². The zero-order valence-corrected chi connectivity index (χ0v) is 39.8. The second kappa shape index (κ2) is 24.8. The lowest BCUT2D eigenvalue weighted by Crippen LogP contribution is -2.48. The molecule has 1 aliphatic rings. The Balaban J connectivity index is 1.90. The largest absolute Gasteiger partial charge is 0.493 e. The Bertz CT molecular complexity index is 2460. The fourth-order valence-corrected chi connectivity index (χ4v) is 11.4. The number of nitrogens with one attached hydrogen (secondary N) is 3. The fourth-order valence-electron chi connectivity index (χ4n) is 7.98. The van der Waals surface area contributed by atoms with E-state index in [1.165, 1.54) is 32.3 Å². The van der Waals surface area contributed by atoms with E-state index in [-0.39, 0.29) is 78.1 Å². The summed E-state index contributed by atoms with van der Waals surface area (Å²) in [7, 11) is -2.74. The Morgan fingerprint density at radius 1 is 0.794 bits per heavy atom. The Hall–Kier alpha value is -3.94. The predicted molar refractivity (Wildman–Crippen MR) is 248 cm³/mol. The highest BCUT2D eigenvalue weighted by Crippen LogP contribution is 2.46. The summed E-state index contributed by atoms with van der Waals surface area (Å²) < 4.78 is 67.4. The molecule has 0 aromatic heterocycles. The van der Waals surface area contributed by atoms with E-state index in [4.69, 9.17) is 9.84 Å². The van der Waals surface area contributed by atoms with Gasteiger partial charge in [0.05, 0.1) is 30.6 Å². The first-order chi connectivity index (χ1) is 31.8. The third-order valence-corrected chi connectivity index (χ3v) is 15.9. The highest BCUT2D eigenvalue weighted by atomic mass is 32.2. The van der Waals surface area contributed by atoms with Crippen molar-refractivity contribution in [2.24, 2.45) is 0 Å².